The number of likely N-dealkylation sites (N-methyl/N-ethyl adjacent to an activating group) is 2. The number of benzene rings is 1. The maximum Gasteiger partial charge on any atom is 0.119 e. The number of nitrogens with one attached hydrogen (secondary N) is 1. The van der Waals surface area contributed by atoms with E-state index in [1.54, 1.807) is 7.11 Å². The van der Waals surface area contributed by atoms with Gasteiger partial charge in [-0.25, -0.2) is 0 Å². The fourth-order valence-electron chi connectivity index (χ4n) is 2.18. The third-order valence-electron chi connectivity index (χ3n) is 3.07. The summed E-state index contributed by atoms with van der Waals surface area (Å²) in [6, 6.07) is 6.83. The van der Waals surface area contributed by atoms with Crippen LogP contribution in [-0.4, -0.2) is 33.8 Å². The Hall–Kier alpha value is -1.22. The molecule has 15 heavy (non-hydrogen) atoms. The number of anilines is 1. The van der Waals surface area contributed by atoms with Crippen LogP contribution in [0.5, 0.6) is 5.75 Å². The van der Waals surface area contributed by atoms with Crippen LogP contribution in [0.15, 0.2) is 18.2 Å². The minimum atomic E-state index is 0.537. The van der Waals surface area contributed by atoms with Gasteiger partial charge in [-0.2, -0.15) is 0 Å². The third kappa shape index (κ3) is 1.92. The molecule has 0 aliphatic carbocycles. The zero-order chi connectivity index (χ0) is 10.8. The number of rotatable bonds is 2. The summed E-state index contributed by atoms with van der Waals surface area (Å²) in [5.41, 5.74) is 2.68. The predicted octanol–water partition coefficient (Wildman–Crippen LogP) is 1.28. The topological polar surface area (TPSA) is 24.5 Å². The molecule has 1 aliphatic heterocycles. The molecule has 82 valence electrons. The molecular weight excluding hydrogens is 188 g/mol. The van der Waals surface area contributed by atoms with Crippen LogP contribution < -0.4 is 15.0 Å². The number of methoxy groups -OCH3 is 1. The lowest BCUT2D eigenvalue weighted by molar-refractivity contribution is 0.413. The number of ether oxygens (including phenoxy) is 1. The van der Waals surface area contributed by atoms with Crippen molar-refractivity contribution in [2.75, 3.05) is 32.6 Å². The van der Waals surface area contributed by atoms with Crippen LogP contribution in [0.1, 0.15) is 5.56 Å². The summed E-state index contributed by atoms with van der Waals surface area (Å²) in [6.07, 6.45) is 1.08. The monoisotopic (exact) mass is 206 g/mol. The summed E-state index contributed by atoms with van der Waals surface area (Å²) < 4.78 is 5.25. The smallest absolute Gasteiger partial charge is 0.119 e. The Kier molecular flexibility index (Phi) is 2.82. The van der Waals surface area contributed by atoms with Gasteiger partial charge < -0.3 is 15.0 Å². The van der Waals surface area contributed by atoms with Crippen molar-refractivity contribution in [2.24, 2.45) is 0 Å². The minimum Gasteiger partial charge on any atom is -0.497 e. The lowest BCUT2D eigenvalue weighted by atomic mass is 9.98. The first kappa shape index (κ1) is 10.3. The molecule has 3 nitrogen and oxygen atoms in total. The Labute approximate surface area is 91.0 Å². The lowest BCUT2D eigenvalue weighted by Crippen LogP contribution is -2.43. The van der Waals surface area contributed by atoms with Gasteiger partial charge in [-0.3, -0.25) is 0 Å². The second kappa shape index (κ2) is 4.11. The van der Waals surface area contributed by atoms with Gasteiger partial charge >= 0.3 is 0 Å². The van der Waals surface area contributed by atoms with Crippen molar-refractivity contribution >= 4 is 5.69 Å². The first-order valence-corrected chi connectivity index (χ1v) is 5.30. The SMILES string of the molecule is CNC1Cc2cc(OC)ccc2N(C)C1. The van der Waals surface area contributed by atoms with Crippen molar-refractivity contribution < 1.29 is 4.74 Å². The van der Waals surface area contributed by atoms with Crippen LogP contribution in [0.4, 0.5) is 5.69 Å². The molecule has 1 aliphatic rings. The van der Waals surface area contributed by atoms with Gasteiger partial charge in [0, 0.05) is 25.3 Å². The van der Waals surface area contributed by atoms with Crippen LogP contribution in [0.3, 0.4) is 0 Å². The molecule has 0 spiro atoms. The van der Waals surface area contributed by atoms with Gasteiger partial charge in [0.1, 0.15) is 5.75 Å². The summed E-state index contributed by atoms with van der Waals surface area (Å²) in [5.74, 6) is 0.943. The van der Waals surface area contributed by atoms with Crippen LogP contribution in [0.2, 0.25) is 0 Å². The van der Waals surface area contributed by atoms with Gasteiger partial charge in [0.15, 0.2) is 0 Å². The summed E-state index contributed by atoms with van der Waals surface area (Å²) >= 11 is 0. The van der Waals surface area contributed by atoms with Gasteiger partial charge in [-0.05, 0) is 37.2 Å². The Balaban J connectivity index is 2.33. The largest absolute Gasteiger partial charge is 0.497 e. The molecule has 1 unspecified atom stereocenters. The van der Waals surface area contributed by atoms with Gasteiger partial charge in [0.05, 0.1) is 7.11 Å². The highest BCUT2D eigenvalue weighted by Gasteiger charge is 2.20. The maximum absolute atomic E-state index is 5.25. The molecule has 1 aromatic rings. The highest BCUT2D eigenvalue weighted by atomic mass is 16.5. The highest BCUT2D eigenvalue weighted by molar-refractivity contribution is 5.58. The molecule has 0 fully saturated rings. The highest BCUT2D eigenvalue weighted by Crippen LogP contribution is 2.29. The van der Waals surface area contributed by atoms with Crippen molar-refractivity contribution in [1.29, 1.82) is 0 Å². The van der Waals surface area contributed by atoms with Crippen molar-refractivity contribution in [2.45, 2.75) is 12.5 Å². The average molecular weight is 206 g/mol. The van der Waals surface area contributed by atoms with E-state index in [0.717, 1.165) is 18.7 Å². The van der Waals surface area contributed by atoms with Crippen LogP contribution >= 0.6 is 0 Å². The van der Waals surface area contributed by atoms with E-state index in [4.69, 9.17) is 4.74 Å². The molecule has 2 rings (SSSR count). The lowest BCUT2D eigenvalue weighted by Gasteiger charge is -2.33. The molecular formula is C12H18N2O. The molecule has 0 bridgehead atoms. The quantitative estimate of drug-likeness (QED) is 0.789. The number of fused-ring (bicyclic) bond motifs is 1. The molecule has 1 atom stereocenters. The molecule has 1 heterocycles. The number of hydrogen-bond acceptors (Lipinski definition) is 3. The van der Waals surface area contributed by atoms with Crippen LogP contribution in [0.25, 0.3) is 0 Å². The Morgan fingerprint density at radius 3 is 2.93 bits per heavy atom. The summed E-state index contributed by atoms with van der Waals surface area (Å²) in [5, 5.41) is 3.33. The van der Waals surface area contributed by atoms with Crippen molar-refractivity contribution in [3.8, 4) is 5.75 Å². The zero-order valence-electron chi connectivity index (χ0n) is 9.58. The first-order chi connectivity index (χ1) is 7.24. The summed E-state index contributed by atoms with van der Waals surface area (Å²) in [6.45, 7) is 1.07. The normalized spacial score (nSPS) is 19.9. The van der Waals surface area contributed by atoms with Crippen molar-refractivity contribution in [1.82, 2.24) is 5.32 Å². The predicted molar refractivity (Wildman–Crippen MR) is 62.8 cm³/mol. The van der Waals surface area contributed by atoms with E-state index in [-0.39, 0.29) is 0 Å². The van der Waals surface area contributed by atoms with E-state index in [0.29, 0.717) is 6.04 Å². The standard InChI is InChI=1S/C12H18N2O/c1-13-10-6-9-7-11(15-3)4-5-12(9)14(2)8-10/h4-5,7,10,13H,6,8H2,1-3H3. The van der Waals surface area contributed by atoms with E-state index >= 15 is 0 Å². The Bertz CT molecular complexity index is 351. The molecule has 1 N–H and O–H groups in total. The maximum atomic E-state index is 5.25. The molecule has 3 heteroatoms. The van der Waals surface area contributed by atoms with E-state index in [2.05, 4.69) is 29.4 Å². The summed E-state index contributed by atoms with van der Waals surface area (Å²) in [4.78, 5) is 2.29. The van der Waals surface area contributed by atoms with E-state index in [9.17, 15) is 0 Å². The minimum absolute atomic E-state index is 0.537. The number of nitrogens with zero attached hydrogens (tertiary/aromatic N) is 1. The summed E-state index contributed by atoms with van der Waals surface area (Å²) in [7, 11) is 5.86. The fraction of sp³-hybridized carbons (Fsp3) is 0.500. The molecule has 0 radical (unpaired) electrons. The second-order valence-corrected chi connectivity index (χ2v) is 4.06. The van der Waals surface area contributed by atoms with Crippen molar-refractivity contribution in [3.63, 3.8) is 0 Å². The third-order valence-corrected chi connectivity index (χ3v) is 3.07. The molecule has 0 saturated carbocycles. The fourth-order valence-corrected chi connectivity index (χ4v) is 2.18. The van der Waals surface area contributed by atoms with E-state index in [1.165, 1.54) is 11.3 Å². The number of hydrogen-bond donors (Lipinski definition) is 1. The Morgan fingerprint density at radius 2 is 2.27 bits per heavy atom. The van der Waals surface area contributed by atoms with E-state index < -0.39 is 0 Å². The van der Waals surface area contributed by atoms with E-state index in [1.807, 2.05) is 13.1 Å². The van der Waals surface area contributed by atoms with Crippen LogP contribution in [0, 0.1) is 0 Å². The van der Waals surface area contributed by atoms with Gasteiger partial charge in [0.25, 0.3) is 0 Å². The average Bonchev–Trinajstić information content (AvgIpc) is 2.28. The van der Waals surface area contributed by atoms with Crippen molar-refractivity contribution in [3.05, 3.63) is 23.8 Å². The molecule has 0 aromatic heterocycles. The van der Waals surface area contributed by atoms with Gasteiger partial charge in [0.2, 0.25) is 0 Å². The molecule has 1 aromatic carbocycles. The molecule has 0 amide bonds. The first-order valence-electron chi connectivity index (χ1n) is 5.30. The Morgan fingerprint density at radius 1 is 1.47 bits per heavy atom. The van der Waals surface area contributed by atoms with Crippen LogP contribution in [-0.2, 0) is 6.42 Å². The van der Waals surface area contributed by atoms with Gasteiger partial charge in [-0.15, -0.1) is 0 Å². The zero-order valence-corrected chi connectivity index (χ0v) is 9.58. The molecule has 0 saturated heterocycles. The van der Waals surface area contributed by atoms with Gasteiger partial charge in [-0.1, -0.05) is 0 Å². The second-order valence-electron chi connectivity index (χ2n) is 4.06.